The Balaban J connectivity index is 4.08. The summed E-state index contributed by atoms with van der Waals surface area (Å²) < 4.78 is 38.1. The van der Waals surface area contributed by atoms with Crippen molar-refractivity contribution in [3.63, 3.8) is 0 Å². The van der Waals surface area contributed by atoms with Gasteiger partial charge in [-0.15, -0.1) is 0 Å². The normalized spacial score (nSPS) is 15.1. The molecule has 12 heavy (non-hydrogen) atoms. The van der Waals surface area contributed by atoms with Gasteiger partial charge in [-0.2, -0.15) is 8.42 Å². The molecule has 0 heterocycles. The zero-order valence-corrected chi connectivity index (χ0v) is 7.61. The number of aliphatic hydroxyl groups excluding tert-OH is 1. The van der Waals surface area contributed by atoms with Gasteiger partial charge in [0.25, 0.3) is 10.1 Å². The van der Waals surface area contributed by atoms with Crippen LogP contribution in [0.15, 0.2) is 0 Å². The highest BCUT2D eigenvalue weighted by Gasteiger charge is 2.23. The highest BCUT2D eigenvalue weighted by atomic mass is 32.2. The summed E-state index contributed by atoms with van der Waals surface area (Å²) in [6.45, 7) is 0. The quantitative estimate of drug-likeness (QED) is 0.446. The smallest absolute Gasteiger partial charge is 0.292 e. The van der Waals surface area contributed by atoms with Crippen molar-refractivity contribution in [3.05, 3.63) is 0 Å². The molecule has 6 nitrogen and oxygen atoms in total. The molecule has 0 saturated carbocycles. The summed E-state index contributed by atoms with van der Waals surface area (Å²) in [5.41, 5.74) is -1.87. The van der Waals surface area contributed by atoms with E-state index in [1.807, 2.05) is 0 Å². The van der Waals surface area contributed by atoms with Crippen molar-refractivity contribution in [2.45, 2.75) is 18.1 Å². The molecular weight excluding hydrogens is 188 g/mol. The molecule has 0 aromatic rings. The summed E-state index contributed by atoms with van der Waals surface area (Å²) in [4.78, 5) is 0. The molecule has 0 aliphatic heterocycles. The Labute approximate surface area is 70.8 Å². The molecule has 0 aliphatic carbocycles. The molecule has 0 amide bonds. The third-order valence-electron chi connectivity index (χ3n) is 1.26. The lowest BCUT2D eigenvalue weighted by molar-refractivity contribution is -0.115. The van der Waals surface area contributed by atoms with E-state index in [0.29, 0.717) is 0 Å². The summed E-state index contributed by atoms with van der Waals surface area (Å²) in [6.07, 6.45) is -1.17. The number of methoxy groups -OCH3 is 2. The first kappa shape index (κ1) is 11.8. The van der Waals surface area contributed by atoms with Crippen molar-refractivity contribution in [2.75, 3.05) is 14.2 Å². The molecule has 0 spiro atoms. The van der Waals surface area contributed by atoms with Crippen LogP contribution in [0.1, 0.15) is 6.42 Å². The minimum atomic E-state index is -4.42. The van der Waals surface area contributed by atoms with Crippen molar-refractivity contribution in [2.24, 2.45) is 0 Å². The van der Waals surface area contributed by atoms with Crippen LogP contribution in [0.5, 0.6) is 0 Å². The van der Waals surface area contributed by atoms with Gasteiger partial charge in [-0.3, -0.25) is 4.55 Å². The molecule has 0 bridgehead atoms. The first-order chi connectivity index (χ1) is 5.41. The highest BCUT2D eigenvalue weighted by Crippen LogP contribution is 2.06. The first-order valence-corrected chi connectivity index (χ1v) is 4.62. The summed E-state index contributed by atoms with van der Waals surface area (Å²) in [5, 5.41) is 8.82. The van der Waals surface area contributed by atoms with Gasteiger partial charge >= 0.3 is 0 Å². The average molecular weight is 200 g/mol. The lowest BCUT2D eigenvalue weighted by Gasteiger charge is -2.15. The van der Waals surface area contributed by atoms with Crippen LogP contribution in [-0.2, 0) is 19.6 Å². The van der Waals surface area contributed by atoms with Crippen LogP contribution in [0.25, 0.3) is 0 Å². The van der Waals surface area contributed by atoms with E-state index in [1.54, 1.807) is 0 Å². The molecular formula is C5H12O6S. The summed E-state index contributed by atoms with van der Waals surface area (Å²) in [6, 6.07) is 0. The van der Waals surface area contributed by atoms with Crippen LogP contribution in [0.3, 0.4) is 0 Å². The van der Waals surface area contributed by atoms with Crippen LogP contribution in [-0.4, -0.2) is 44.0 Å². The standard InChI is InChI=1S/C5H12O6S/c1-10-5(11-2)3-4(6)12(7,8)9/h4-6H,3H2,1-2H3,(H,7,8,9). The molecule has 7 heteroatoms. The molecule has 1 atom stereocenters. The van der Waals surface area contributed by atoms with E-state index in [1.165, 1.54) is 14.2 Å². The Morgan fingerprint density at radius 3 is 2.00 bits per heavy atom. The number of rotatable bonds is 5. The lowest BCUT2D eigenvalue weighted by Crippen LogP contribution is -2.27. The number of ether oxygens (including phenoxy) is 2. The topological polar surface area (TPSA) is 93.1 Å². The SMILES string of the molecule is COC(CC(O)S(=O)(=O)O)OC. The number of aliphatic hydroxyl groups is 1. The van der Waals surface area contributed by atoms with Crippen LogP contribution in [0.2, 0.25) is 0 Å². The van der Waals surface area contributed by atoms with Gasteiger partial charge in [0.15, 0.2) is 11.7 Å². The third kappa shape index (κ3) is 3.98. The minimum Gasteiger partial charge on any atom is -0.375 e. The van der Waals surface area contributed by atoms with E-state index in [9.17, 15) is 8.42 Å². The summed E-state index contributed by atoms with van der Waals surface area (Å²) in [5.74, 6) is 0. The fourth-order valence-electron chi connectivity index (χ4n) is 0.575. The van der Waals surface area contributed by atoms with E-state index in [-0.39, 0.29) is 6.42 Å². The molecule has 0 radical (unpaired) electrons. The van der Waals surface area contributed by atoms with Gasteiger partial charge in [0.05, 0.1) is 0 Å². The van der Waals surface area contributed by atoms with E-state index in [2.05, 4.69) is 9.47 Å². The second kappa shape index (κ2) is 4.73. The number of hydrogen-bond acceptors (Lipinski definition) is 5. The van der Waals surface area contributed by atoms with Gasteiger partial charge in [0.2, 0.25) is 0 Å². The van der Waals surface area contributed by atoms with Gasteiger partial charge in [0, 0.05) is 20.6 Å². The molecule has 0 saturated heterocycles. The minimum absolute atomic E-state index is 0.328. The van der Waals surface area contributed by atoms with Crippen molar-refractivity contribution in [1.82, 2.24) is 0 Å². The Morgan fingerprint density at radius 1 is 1.33 bits per heavy atom. The zero-order chi connectivity index (χ0) is 9.78. The molecule has 1 unspecified atom stereocenters. The van der Waals surface area contributed by atoms with Crippen LogP contribution >= 0.6 is 0 Å². The van der Waals surface area contributed by atoms with Crippen molar-refractivity contribution in [3.8, 4) is 0 Å². The van der Waals surface area contributed by atoms with Crippen molar-refractivity contribution < 1.29 is 27.6 Å². The number of hydrogen-bond donors (Lipinski definition) is 2. The summed E-state index contributed by atoms with van der Waals surface area (Å²) >= 11 is 0. The van der Waals surface area contributed by atoms with Gasteiger partial charge in [-0.05, 0) is 0 Å². The maximum absolute atomic E-state index is 10.3. The van der Waals surface area contributed by atoms with Crippen LogP contribution in [0.4, 0.5) is 0 Å². The molecule has 0 aliphatic rings. The van der Waals surface area contributed by atoms with E-state index < -0.39 is 21.8 Å². The molecule has 2 N–H and O–H groups in total. The fraction of sp³-hybridized carbons (Fsp3) is 1.00. The Bertz CT molecular complexity index is 206. The predicted octanol–water partition coefficient (Wildman–Crippen LogP) is -0.798. The highest BCUT2D eigenvalue weighted by molar-refractivity contribution is 7.86. The monoisotopic (exact) mass is 200 g/mol. The second-order valence-electron chi connectivity index (χ2n) is 2.11. The maximum Gasteiger partial charge on any atom is 0.292 e. The Kier molecular flexibility index (Phi) is 4.64. The zero-order valence-electron chi connectivity index (χ0n) is 6.80. The maximum atomic E-state index is 10.3. The van der Waals surface area contributed by atoms with Crippen LogP contribution in [0, 0.1) is 0 Å². The van der Waals surface area contributed by atoms with Crippen LogP contribution < -0.4 is 0 Å². The molecule has 0 rings (SSSR count). The predicted molar refractivity (Wildman–Crippen MR) is 40.0 cm³/mol. The fourth-order valence-corrected chi connectivity index (χ4v) is 0.975. The Morgan fingerprint density at radius 2 is 1.75 bits per heavy atom. The Hall–Kier alpha value is -0.210. The van der Waals surface area contributed by atoms with Gasteiger partial charge < -0.3 is 14.6 Å². The first-order valence-electron chi connectivity index (χ1n) is 3.11. The van der Waals surface area contributed by atoms with E-state index >= 15 is 0 Å². The van der Waals surface area contributed by atoms with E-state index in [0.717, 1.165) is 0 Å². The largest absolute Gasteiger partial charge is 0.375 e. The molecule has 74 valence electrons. The summed E-state index contributed by atoms with van der Waals surface area (Å²) in [7, 11) is -1.83. The van der Waals surface area contributed by atoms with Crippen molar-refractivity contribution >= 4 is 10.1 Å². The van der Waals surface area contributed by atoms with Gasteiger partial charge in [-0.1, -0.05) is 0 Å². The lowest BCUT2D eigenvalue weighted by atomic mass is 10.4. The molecule has 0 aromatic heterocycles. The molecule has 0 fully saturated rings. The van der Waals surface area contributed by atoms with Crippen molar-refractivity contribution in [1.29, 1.82) is 0 Å². The molecule has 0 aromatic carbocycles. The average Bonchev–Trinajstić information content (AvgIpc) is 1.97. The third-order valence-corrected chi connectivity index (χ3v) is 2.14. The second-order valence-corrected chi connectivity index (χ2v) is 3.68. The van der Waals surface area contributed by atoms with Gasteiger partial charge in [0.1, 0.15) is 0 Å². The van der Waals surface area contributed by atoms with E-state index in [4.69, 9.17) is 9.66 Å². The van der Waals surface area contributed by atoms with Gasteiger partial charge in [-0.25, -0.2) is 0 Å².